The van der Waals surface area contributed by atoms with Crippen molar-refractivity contribution in [3.05, 3.63) is 0 Å². The van der Waals surface area contributed by atoms with Crippen molar-refractivity contribution in [3.8, 4) is 0 Å². The molecular weight excluding hydrogens is 288 g/mol. The fourth-order valence-electron chi connectivity index (χ4n) is 4.08. The zero-order chi connectivity index (χ0) is 16.4. The molecule has 1 saturated carbocycles. The van der Waals surface area contributed by atoms with Gasteiger partial charge < -0.3 is 15.4 Å². The first-order chi connectivity index (χ1) is 11.3. The third kappa shape index (κ3) is 5.64. The van der Waals surface area contributed by atoms with Gasteiger partial charge in [0.05, 0.1) is 0 Å². The number of rotatable bonds is 7. The Morgan fingerprint density at radius 1 is 1.04 bits per heavy atom. The summed E-state index contributed by atoms with van der Waals surface area (Å²) in [5, 5.41) is 7.01. The van der Waals surface area contributed by atoms with Crippen molar-refractivity contribution < 1.29 is 4.74 Å². The van der Waals surface area contributed by atoms with Crippen molar-refractivity contribution in [2.24, 2.45) is 4.99 Å². The number of likely N-dealkylation sites (tertiary alicyclic amines) is 1. The Balaban J connectivity index is 1.86. The summed E-state index contributed by atoms with van der Waals surface area (Å²) < 4.78 is 5.10. The van der Waals surface area contributed by atoms with Crippen LogP contribution in [-0.2, 0) is 4.74 Å². The highest BCUT2D eigenvalue weighted by Crippen LogP contribution is 2.35. The van der Waals surface area contributed by atoms with Crippen molar-refractivity contribution in [1.82, 2.24) is 15.5 Å². The summed E-state index contributed by atoms with van der Waals surface area (Å²) in [5.41, 5.74) is 0.350. The van der Waals surface area contributed by atoms with E-state index < -0.39 is 0 Å². The van der Waals surface area contributed by atoms with Crippen LogP contribution in [-0.4, -0.2) is 63.3 Å². The molecule has 0 aromatic heterocycles. The second kappa shape index (κ2) is 10.1. The molecule has 1 heterocycles. The van der Waals surface area contributed by atoms with E-state index in [0.29, 0.717) is 5.54 Å². The maximum Gasteiger partial charge on any atom is 0.191 e. The van der Waals surface area contributed by atoms with Gasteiger partial charge in [-0.05, 0) is 45.2 Å². The molecule has 0 aromatic rings. The van der Waals surface area contributed by atoms with Gasteiger partial charge in [0, 0.05) is 39.4 Å². The maximum atomic E-state index is 5.10. The molecule has 2 fully saturated rings. The van der Waals surface area contributed by atoms with Crippen molar-refractivity contribution in [1.29, 1.82) is 0 Å². The van der Waals surface area contributed by atoms with Crippen LogP contribution in [0.15, 0.2) is 4.99 Å². The average molecular weight is 325 g/mol. The minimum absolute atomic E-state index is 0.350. The number of nitrogens with zero attached hydrogens (tertiary/aromatic N) is 2. The number of aliphatic imine (C=N–C) groups is 1. The third-order valence-electron chi connectivity index (χ3n) is 5.44. The standard InChI is InChI=1S/C18H36N4O/c1-19-17(20-12-9-15-23-2)21-16-18(10-5-3-6-11-18)22-13-7-4-8-14-22/h3-16H2,1-2H3,(H2,19,20,21). The lowest BCUT2D eigenvalue weighted by Crippen LogP contribution is -2.59. The maximum absolute atomic E-state index is 5.10. The van der Waals surface area contributed by atoms with E-state index in [1.54, 1.807) is 7.11 Å². The lowest BCUT2D eigenvalue weighted by atomic mass is 9.79. The first-order valence-corrected chi connectivity index (χ1v) is 9.49. The molecule has 0 aromatic carbocycles. The number of piperidine rings is 1. The van der Waals surface area contributed by atoms with E-state index in [2.05, 4.69) is 20.5 Å². The van der Waals surface area contributed by atoms with Crippen LogP contribution in [0.25, 0.3) is 0 Å². The number of guanidine groups is 1. The normalized spacial score (nSPS) is 22.8. The summed E-state index contributed by atoms with van der Waals surface area (Å²) in [6, 6.07) is 0. The van der Waals surface area contributed by atoms with Gasteiger partial charge in [-0.2, -0.15) is 0 Å². The van der Waals surface area contributed by atoms with Crippen molar-refractivity contribution in [2.45, 2.75) is 63.3 Å². The topological polar surface area (TPSA) is 48.9 Å². The zero-order valence-corrected chi connectivity index (χ0v) is 15.2. The van der Waals surface area contributed by atoms with Gasteiger partial charge in [0.2, 0.25) is 0 Å². The van der Waals surface area contributed by atoms with Gasteiger partial charge in [-0.15, -0.1) is 0 Å². The molecule has 0 radical (unpaired) electrons. The number of ether oxygens (including phenoxy) is 1. The molecule has 0 bridgehead atoms. The van der Waals surface area contributed by atoms with E-state index >= 15 is 0 Å². The predicted molar refractivity (Wildman–Crippen MR) is 97.1 cm³/mol. The second-order valence-corrected chi connectivity index (χ2v) is 7.03. The van der Waals surface area contributed by atoms with Crippen LogP contribution >= 0.6 is 0 Å². The number of hydrogen-bond acceptors (Lipinski definition) is 3. The highest BCUT2D eigenvalue weighted by molar-refractivity contribution is 5.79. The van der Waals surface area contributed by atoms with E-state index in [9.17, 15) is 0 Å². The molecule has 5 nitrogen and oxygen atoms in total. The number of nitrogens with one attached hydrogen (secondary N) is 2. The summed E-state index contributed by atoms with van der Waals surface area (Å²) in [6.45, 7) is 5.28. The van der Waals surface area contributed by atoms with Crippen molar-refractivity contribution in [3.63, 3.8) is 0 Å². The van der Waals surface area contributed by atoms with E-state index in [0.717, 1.165) is 32.1 Å². The Labute approximate surface area is 142 Å². The quantitative estimate of drug-likeness (QED) is 0.429. The molecule has 5 heteroatoms. The Hall–Kier alpha value is -0.810. The van der Waals surface area contributed by atoms with Crippen molar-refractivity contribution >= 4 is 5.96 Å². The van der Waals surface area contributed by atoms with Crippen molar-refractivity contribution in [2.75, 3.05) is 46.9 Å². The largest absolute Gasteiger partial charge is 0.385 e. The molecule has 23 heavy (non-hydrogen) atoms. The molecule has 0 atom stereocenters. The summed E-state index contributed by atoms with van der Waals surface area (Å²) in [4.78, 5) is 7.16. The Morgan fingerprint density at radius 3 is 2.39 bits per heavy atom. The first-order valence-electron chi connectivity index (χ1n) is 9.49. The molecular formula is C18H36N4O. The Bertz CT molecular complexity index is 347. The smallest absolute Gasteiger partial charge is 0.191 e. The van der Waals surface area contributed by atoms with Gasteiger partial charge in [0.15, 0.2) is 5.96 Å². The first kappa shape index (κ1) is 18.5. The summed E-state index contributed by atoms with van der Waals surface area (Å²) >= 11 is 0. The van der Waals surface area contributed by atoms with Crippen LogP contribution in [0.2, 0.25) is 0 Å². The minimum Gasteiger partial charge on any atom is -0.385 e. The molecule has 1 aliphatic carbocycles. The molecule has 0 spiro atoms. The van der Waals surface area contributed by atoms with Crippen LogP contribution in [0.3, 0.4) is 0 Å². The second-order valence-electron chi connectivity index (χ2n) is 7.03. The number of methoxy groups -OCH3 is 1. The van der Waals surface area contributed by atoms with E-state index in [1.807, 2.05) is 7.05 Å². The Morgan fingerprint density at radius 2 is 1.74 bits per heavy atom. The number of hydrogen-bond donors (Lipinski definition) is 2. The fourth-order valence-corrected chi connectivity index (χ4v) is 4.08. The van der Waals surface area contributed by atoms with Crippen LogP contribution < -0.4 is 10.6 Å². The minimum atomic E-state index is 0.350. The lowest BCUT2D eigenvalue weighted by molar-refractivity contribution is 0.0368. The van der Waals surface area contributed by atoms with Gasteiger partial charge in [-0.1, -0.05) is 25.7 Å². The molecule has 2 N–H and O–H groups in total. The molecule has 0 amide bonds. The van der Waals surface area contributed by atoms with Gasteiger partial charge in [-0.25, -0.2) is 0 Å². The average Bonchev–Trinajstić information content (AvgIpc) is 2.63. The summed E-state index contributed by atoms with van der Waals surface area (Å²) in [6.07, 6.45) is 12.0. The highest BCUT2D eigenvalue weighted by atomic mass is 16.5. The Kier molecular flexibility index (Phi) is 8.17. The van der Waals surface area contributed by atoms with Crippen LogP contribution in [0, 0.1) is 0 Å². The lowest BCUT2D eigenvalue weighted by Gasteiger charge is -2.48. The fraction of sp³-hybridized carbons (Fsp3) is 0.944. The van der Waals surface area contributed by atoms with Gasteiger partial charge in [0.1, 0.15) is 0 Å². The molecule has 2 aliphatic rings. The zero-order valence-electron chi connectivity index (χ0n) is 15.2. The van der Waals surface area contributed by atoms with E-state index in [1.165, 1.54) is 64.5 Å². The summed E-state index contributed by atoms with van der Waals surface area (Å²) in [7, 11) is 3.61. The molecule has 0 unspecified atom stereocenters. The predicted octanol–water partition coefficient (Wildman–Crippen LogP) is 2.38. The van der Waals surface area contributed by atoms with E-state index in [-0.39, 0.29) is 0 Å². The summed E-state index contributed by atoms with van der Waals surface area (Å²) in [5.74, 6) is 0.933. The van der Waals surface area contributed by atoms with Crippen LogP contribution in [0.1, 0.15) is 57.8 Å². The SMILES string of the molecule is CN=C(NCCCOC)NCC1(N2CCCCC2)CCCCC1. The van der Waals surface area contributed by atoms with Crippen LogP contribution in [0.5, 0.6) is 0 Å². The third-order valence-corrected chi connectivity index (χ3v) is 5.44. The monoisotopic (exact) mass is 324 g/mol. The van der Waals surface area contributed by atoms with Gasteiger partial charge in [-0.3, -0.25) is 9.89 Å². The molecule has 2 rings (SSSR count). The van der Waals surface area contributed by atoms with E-state index in [4.69, 9.17) is 4.74 Å². The molecule has 1 saturated heterocycles. The van der Waals surface area contributed by atoms with Crippen LogP contribution in [0.4, 0.5) is 0 Å². The van der Waals surface area contributed by atoms with Gasteiger partial charge in [0.25, 0.3) is 0 Å². The molecule has 134 valence electrons. The molecule has 1 aliphatic heterocycles. The highest BCUT2D eigenvalue weighted by Gasteiger charge is 2.38. The van der Waals surface area contributed by atoms with Gasteiger partial charge >= 0.3 is 0 Å².